The van der Waals surface area contributed by atoms with Gasteiger partial charge in [0.1, 0.15) is 0 Å². The molecule has 1 aliphatic carbocycles. The SMILES string of the molecule is O=C(Cc1ccccc1)c1nc(Nc2ccccc2Cl)nc(Nc2cc(C3CC3)[nH]n2)c1[N+](=O)[O-]. The number of carbonyl (C=O) groups is 1. The van der Waals surface area contributed by atoms with Gasteiger partial charge in [-0.05, 0) is 30.5 Å². The van der Waals surface area contributed by atoms with Crippen molar-refractivity contribution in [2.24, 2.45) is 0 Å². The number of carbonyl (C=O) groups excluding carboxylic acids is 1. The van der Waals surface area contributed by atoms with Crippen LogP contribution in [0.15, 0.2) is 60.7 Å². The predicted octanol–water partition coefficient (Wildman–Crippen LogP) is 5.55. The normalized spacial score (nSPS) is 12.8. The molecule has 1 aliphatic rings. The number of aromatic amines is 1. The lowest BCUT2D eigenvalue weighted by atomic mass is 10.1. The monoisotopic (exact) mass is 489 g/mol. The maximum Gasteiger partial charge on any atom is 0.341 e. The summed E-state index contributed by atoms with van der Waals surface area (Å²) >= 11 is 6.25. The first-order chi connectivity index (χ1) is 17.0. The highest BCUT2D eigenvalue weighted by Crippen LogP contribution is 2.40. The van der Waals surface area contributed by atoms with Gasteiger partial charge in [0.2, 0.25) is 11.8 Å². The molecule has 1 fully saturated rings. The lowest BCUT2D eigenvalue weighted by Crippen LogP contribution is -2.15. The molecular weight excluding hydrogens is 470 g/mol. The summed E-state index contributed by atoms with van der Waals surface area (Å²) in [7, 11) is 0. The standard InChI is InChI=1S/C24H20ClN7O3/c25-16-8-4-5-9-17(16)26-24-28-21(19(33)12-14-6-2-1-3-7-14)22(32(34)35)23(29-24)27-20-13-18(30-31-20)15-10-11-15/h1-9,13,15H,10-12H2,(H3,26,27,28,29,30,31). The number of H-pyrrole nitrogens is 1. The third-order valence-corrected chi connectivity index (χ3v) is 5.85. The number of rotatable bonds is 9. The Bertz CT molecular complexity index is 1400. The Hall–Kier alpha value is -4.31. The molecule has 0 atom stereocenters. The Morgan fingerprint density at radius 3 is 2.54 bits per heavy atom. The lowest BCUT2D eigenvalue weighted by molar-refractivity contribution is -0.384. The number of aromatic nitrogens is 4. The summed E-state index contributed by atoms with van der Waals surface area (Å²) in [5.74, 6) is 0.0966. The number of nitro groups is 1. The second-order valence-corrected chi connectivity index (χ2v) is 8.56. The summed E-state index contributed by atoms with van der Waals surface area (Å²) in [4.78, 5) is 33.2. The number of nitrogens with zero attached hydrogens (tertiary/aromatic N) is 4. The highest BCUT2D eigenvalue weighted by molar-refractivity contribution is 6.33. The predicted molar refractivity (Wildman–Crippen MR) is 132 cm³/mol. The highest BCUT2D eigenvalue weighted by atomic mass is 35.5. The molecule has 1 saturated carbocycles. The van der Waals surface area contributed by atoms with Gasteiger partial charge in [-0.25, -0.2) is 4.98 Å². The van der Waals surface area contributed by atoms with Crippen molar-refractivity contribution in [3.8, 4) is 0 Å². The van der Waals surface area contributed by atoms with Crippen LogP contribution in [0.3, 0.4) is 0 Å². The highest BCUT2D eigenvalue weighted by Gasteiger charge is 2.31. The Morgan fingerprint density at radius 2 is 1.83 bits per heavy atom. The quantitative estimate of drug-likeness (QED) is 0.158. The third kappa shape index (κ3) is 5.12. The number of hydrogen-bond acceptors (Lipinski definition) is 8. The average Bonchev–Trinajstić information content (AvgIpc) is 3.59. The van der Waals surface area contributed by atoms with E-state index in [2.05, 4.69) is 30.8 Å². The Kier molecular flexibility index (Phi) is 6.11. The lowest BCUT2D eigenvalue weighted by Gasteiger charge is -2.12. The fourth-order valence-corrected chi connectivity index (χ4v) is 3.82. The van der Waals surface area contributed by atoms with Crippen LogP contribution >= 0.6 is 11.6 Å². The molecule has 4 aromatic rings. The van der Waals surface area contributed by atoms with E-state index in [9.17, 15) is 14.9 Å². The van der Waals surface area contributed by atoms with E-state index in [1.165, 1.54) is 0 Å². The van der Waals surface area contributed by atoms with Gasteiger partial charge in [-0.2, -0.15) is 10.1 Å². The van der Waals surface area contributed by atoms with Crippen LogP contribution in [0.5, 0.6) is 0 Å². The molecule has 3 N–H and O–H groups in total. The number of hydrogen-bond donors (Lipinski definition) is 3. The Labute approximate surface area is 204 Å². The summed E-state index contributed by atoms with van der Waals surface area (Å²) in [6.45, 7) is 0. The molecule has 11 heteroatoms. The van der Waals surface area contributed by atoms with Crippen molar-refractivity contribution >= 4 is 46.3 Å². The molecule has 0 unspecified atom stereocenters. The fourth-order valence-electron chi connectivity index (χ4n) is 3.64. The first kappa shape index (κ1) is 22.5. The van der Waals surface area contributed by atoms with Crippen molar-refractivity contribution < 1.29 is 9.72 Å². The second-order valence-electron chi connectivity index (χ2n) is 8.15. The molecule has 0 amide bonds. The molecule has 0 bridgehead atoms. The molecule has 0 saturated heterocycles. The first-order valence-corrected chi connectivity index (χ1v) is 11.3. The zero-order valence-corrected chi connectivity index (χ0v) is 19.1. The van der Waals surface area contributed by atoms with Crippen molar-refractivity contribution in [1.29, 1.82) is 0 Å². The van der Waals surface area contributed by atoms with Gasteiger partial charge in [0, 0.05) is 24.1 Å². The van der Waals surface area contributed by atoms with Crippen LogP contribution in [0, 0.1) is 10.1 Å². The molecule has 0 aliphatic heterocycles. The van der Waals surface area contributed by atoms with E-state index in [0.717, 1.165) is 18.5 Å². The van der Waals surface area contributed by atoms with Crippen molar-refractivity contribution in [3.63, 3.8) is 0 Å². The fraction of sp³-hybridized carbons (Fsp3) is 0.167. The number of ketones is 1. The molecule has 2 aromatic carbocycles. The van der Waals surface area contributed by atoms with Crippen molar-refractivity contribution in [2.75, 3.05) is 10.6 Å². The second kappa shape index (κ2) is 9.51. The van der Waals surface area contributed by atoms with Crippen LogP contribution in [0.1, 0.15) is 40.5 Å². The minimum Gasteiger partial charge on any atom is -0.323 e. The van der Waals surface area contributed by atoms with Crippen LogP contribution in [0.4, 0.5) is 29.0 Å². The topological polar surface area (TPSA) is 139 Å². The molecule has 2 heterocycles. The number of anilines is 4. The van der Waals surface area contributed by atoms with Gasteiger partial charge in [0.25, 0.3) is 0 Å². The zero-order chi connectivity index (χ0) is 24.4. The summed E-state index contributed by atoms with van der Waals surface area (Å²) in [6.07, 6.45) is 2.08. The Balaban J connectivity index is 1.56. The number of halogens is 1. The number of Topliss-reactive ketones (excluding diaryl/α,β-unsaturated/α-hetero) is 1. The van der Waals surface area contributed by atoms with Crippen LogP contribution in [-0.2, 0) is 6.42 Å². The zero-order valence-electron chi connectivity index (χ0n) is 18.4. The van der Waals surface area contributed by atoms with Gasteiger partial charge in [-0.15, -0.1) is 0 Å². The smallest absolute Gasteiger partial charge is 0.323 e. The Morgan fingerprint density at radius 1 is 1.09 bits per heavy atom. The minimum atomic E-state index is -0.658. The van der Waals surface area contributed by atoms with Crippen LogP contribution in [0.2, 0.25) is 5.02 Å². The van der Waals surface area contributed by atoms with E-state index in [0.29, 0.717) is 28.0 Å². The van der Waals surface area contributed by atoms with Crippen molar-refractivity contribution in [3.05, 3.63) is 92.8 Å². The van der Waals surface area contributed by atoms with Crippen molar-refractivity contribution in [2.45, 2.75) is 25.2 Å². The van der Waals surface area contributed by atoms with E-state index in [-0.39, 0.29) is 23.9 Å². The molecule has 35 heavy (non-hydrogen) atoms. The number of nitrogens with one attached hydrogen (secondary N) is 3. The van der Waals surface area contributed by atoms with E-state index in [1.807, 2.05) is 6.07 Å². The van der Waals surface area contributed by atoms with Gasteiger partial charge in [0.05, 0.1) is 15.6 Å². The van der Waals surface area contributed by atoms with Gasteiger partial charge < -0.3 is 10.6 Å². The third-order valence-electron chi connectivity index (χ3n) is 5.52. The van der Waals surface area contributed by atoms with E-state index >= 15 is 0 Å². The summed E-state index contributed by atoms with van der Waals surface area (Å²) in [5, 5.41) is 25.5. The summed E-state index contributed by atoms with van der Waals surface area (Å²) in [6, 6.07) is 17.7. The van der Waals surface area contributed by atoms with Crippen LogP contribution in [0.25, 0.3) is 0 Å². The maximum atomic E-state index is 13.2. The van der Waals surface area contributed by atoms with Crippen LogP contribution in [-0.4, -0.2) is 30.9 Å². The van der Waals surface area contributed by atoms with Gasteiger partial charge in [-0.1, -0.05) is 54.1 Å². The van der Waals surface area contributed by atoms with E-state index in [1.54, 1.807) is 54.6 Å². The molecule has 0 radical (unpaired) electrons. The maximum absolute atomic E-state index is 13.2. The molecular formula is C24H20ClN7O3. The molecule has 2 aromatic heterocycles. The van der Waals surface area contributed by atoms with Gasteiger partial charge in [0.15, 0.2) is 17.3 Å². The molecule has 0 spiro atoms. The first-order valence-electron chi connectivity index (χ1n) is 11.0. The minimum absolute atomic E-state index is 0.0134. The van der Waals surface area contributed by atoms with Gasteiger partial charge >= 0.3 is 5.69 Å². The van der Waals surface area contributed by atoms with E-state index < -0.39 is 16.4 Å². The van der Waals surface area contributed by atoms with Crippen molar-refractivity contribution in [1.82, 2.24) is 20.2 Å². The van der Waals surface area contributed by atoms with Gasteiger partial charge in [-0.3, -0.25) is 20.0 Å². The molecule has 5 rings (SSSR count). The van der Waals surface area contributed by atoms with E-state index in [4.69, 9.17) is 11.6 Å². The molecule has 176 valence electrons. The largest absolute Gasteiger partial charge is 0.341 e. The van der Waals surface area contributed by atoms with Crippen LogP contribution < -0.4 is 10.6 Å². The summed E-state index contributed by atoms with van der Waals surface area (Å²) in [5.41, 5.74) is 1.31. The molecule has 10 nitrogen and oxygen atoms in total. The average molecular weight is 490 g/mol. The number of benzene rings is 2. The summed E-state index contributed by atoms with van der Waals surface area (Å²) < 4.78 is 0. The number of para-hydroxylation sites is 1.